The van der Waals surface area contributed by atoms with E-state index in [0.29, 0.717) is 5.52 Å². The number of nitrogens with zero attached hydrogens (tertiary/aromatic N) is 3. The minimum absolute atomic E-state index is 0.0608. The molecule has 1 saturated heterocycles. The van der Waals surface area contributed by atoms with Crippen LogP contribution in [0.1, 0.15) is 28.4 Å². The zero-order chi connectivity index (χ0) is 22.2. The molecule has 1 aliphatic heterocycles. The van der Waals surface area contributed by atoms with Crippen LogP contribution in [0.15, 0.2) is 53.6 Å². The van der Waals surface area contributed by atoms with Crippen molar-refractivity contribution in [2.75, 3.05) is 26.2 Å². The number of carbonyl (C=O) groups is 1. The Morgan fingerprint density at radius 1 is 1.10 bits per heavy atom. The second-order valence-corrected chi connectivity index (χ2v) is 9.65. The Morgan fingerprint density at radius 3 is 2.55 bits per heavy atom. The molecule has 0 radical (unpaired) electrons. The fourth-order valence-electron chi connectivity index (χ4n) is 3.87. The van der Waals surface area contributed by atoms with E-state index < -0.39 is 10.0 Å². The standard InChI is InChI=1S/C23H25N3O4S/c1-3-17-7-8-20(27)19(14-17)23(28)25-9-11-26(12-10-25)31(29,30)21-6-4-5-18-13-16(2)15-24-22(18)21/h4-8,13-15,27H,3,9-12H2,1-2H3. The van der Waals surface area contributed by atoms with Crippen LogP contribution in [0.5, 0.6) is 5.75 Å². The number of benzene rings is 2. The predicted octanol–water partition coefficient (Wildman–Crippen LogP) is 2.96. The lowest BCUT2D eigenvalue weighted by Gasteiger charge is -2.34. The van der Waals surface area contributed by atoms with Gasteiger partial charge in [0.1, 0.15) is 10.6 Å². The third kappa shape index (κ3) is 4.00. The third-order valence-corrected chi connectivity index (χ3v) is 7.58. The molecule has 1 amide bonds. The van der Waals surface area contributed by atoms with Crippen LogP contribution >= 0.6 is 0 Å². The maximum Gasteiger partial charge on any atom is 0.257 e. The van der Waals surface area contributed by atoms with Gasteiger partial charge >= 0.3 is 0 Å². The monoisotopic (exact) mass is 439 g/mol. The number of phenolic OH excluding ortho intramolecular Hbond substituents is 1. The number of amides is 1. The van der Waals surface area contributed by atoms with Gasteiger partial charge in [-0.25, -0.2) is 8.42 Å². The summed E-state index contributed by atoms with van der Waals surface area (Å²) in [6, 6.07) is 12.1. The van der Waals surface area contributed by atoms with Gasteiger partial charge in [0.25, 0.3) is 5.91 Å². The summed E-state index contributed by atoms with van der Waals surface area (Å²) in [7, 11) is -3.75. The first kappa shape index (κ1) is 21.3. The van der Waals surface area contributed by atoms with Crippen LogP contribution in [-0.4, -0.2) is 59.8 Å². The minimum atomic E-state index is -3.75. The number of aryl methyl sites for hydroxylation is 2. The Kier molecular flexibility index (Phi) is 5.68. The summed E-state index contributed by atoms with van der Waals surface area (Å²) in [5.41, 5.74) is 2.63. The lowest BCUT2D eigenvalue weighted by atomic mass is 10.1. The van der Waals surface area contributed by atoms with Crippen LogP contribution in [0.3, 0.4) is 0 Å². The van der Waals surface area contributed by atoms with Gasteiger partial charge in [-0.15, -0.1) is 0 Å². The number of para-hydroxylation sites is 1. The maximum absolute atomic E-state index is 13.3. The number of aromatic hydroxyl groups is 1. The fourth-order valence-corrected chi connectivity index (χ4v) is 5.45. The highest BCUT2D eigenvalue weighted by Crippen LogP contribution is 2.27. The van der Waals surface area contributed by atoms with Crippen LogP contribution in [0.4, 0.5) is 0 Å². The van der Waals surface area contributed by atoms with Crippen molar-refractivity contribution in [3.05, 3.63) is 65.4 Å². The molecular formula is C23H25N3O4S. The lowest BCUT2D eigenvalue weighted by Crippen LogP contribution is -2.50. The lowest BCUT2D eigenvalue weighted by molar-refractivity contribution is 0.0694. The van der Waals surface area contributed by atoms with E-state index >= 15 is 0 Å². The minimum Gasteiger partial charge on any atom is -0.507 e. The van der Waals surface area contributed by atoms with Gasteiger partial charge in [0, 0.05) is 37.8 Å². The van der Waals surface area contributed by atoms with Gasteiger partial charge in [0.05, 0.1) is 11.1 Å². The molecule has 0 atom stereocenters. The smallest absolute Gasteiger partial charge is 0.257 e. The van der Waals surface area contributed by atoms with Crippen LogP contribution in [-0.2, 0) is 16.4 Å². The maximum atomic E-state index is 13.3. The summed E-state index contributed by atoms with van der Waals surface area (Å²) < 4.78 is 28.0. The van der Waals surface area contributed by atoms with Gasteiger partial charge in [-0.3, -0.25) is 9.78 Å². The van der Waals surface area contributed by atoms with Crippen molar-refractivity contribution >= 4 is 26.8 Å². The van der Waals surface area contributed by atoms with Gasteiger partial charge in [-0.05, 0) is 48.7 Å². The van der Waals surface area contributed by atoms with E-state index in [1.165, 1.54) is 10.4 Å². The number of hydrogen-bond donors (Lipinski definition) is 1. The number of aromatic nitrogens is 1. The number of carbonyl (C=O) groups excluding carboxylic acids is 1. The van der Waals surface area contributed by atoms with Crippen molar-refractivity contribution in [1.82, 2.24) is 14.2 Å². The van der Waals surface area contributed by atoms with Crippen molar-refractivity contribution in [1.29, 1.82) is 0 Å². The highest BCUT2D eigenvalue weighted by Gasteiger charge is 2.32. The molecule has 0 saturated carbocycles. The summed E-state index contributed by atoms with van der Waals surface area (Å²) in [5.74, 6) is -0.346. The van der Waals surface area contributed by atoms with E-state index in [4.69, 9.17) is 0 Å². The normalized spacial score (nSPS) is 15.4. The Balaban J connectivity index is 1.54. The van der Waals surface area contributed by atoms with Crippen LogP contribution in [0.2, 0.25) is 0 Å². The van der Waals surface area contributed by atoms with Gasteiger partial charge in [-0.2, -0.15) is 4.31 Å². The molecule has 3 aromatic rings. The Labute approximate surface area is 182 Å². The predicted molar refractivity (Wildman–Crippen MR) is 119 cm³/mol. The molecule has 0 bridgehead atoms. The number of hydrogen-bond acceptors (Lipinski definition) is 5. The average Bonchev–Trinajstić information content (AvgIpc) is 2.78. The molecule has 0 aliphatic carbocycles. The molecule has 4 rings (SSSR count). The largest absolute Gasteiger partial charge is 0.507 e. The first-order chi connectivity index (χ1) is 14.8. The van der Waals surface area contributed by atoms with E-state index in [2.05, 4.69) is 4.98 Å². The summed E-state index contributed by atoms with van der Waals surface area (Å²) in [6.45, 7) is 4.77. The molecule has 1 aromatic heterocycles. The van der Waals surface area contributed by atoms with Crippen LogP contribution < -0.4 is 0 Å². The number of pyridine rings is 1. The number of fused-ring (bicyclic) bond motifs is 1. The molecule has 1 N–H and O–H groups in total. The number of piperazine rings is 1. The van der Waals surface area contributed by atoms with E-state index in [0.717, 1.165) is 22.9 Å². The second kappa shape index (κ2) is 8.28. The van der Waals surface area contributed by atoms with E-state index in [-0.39, 0.29) is 48.3 Å². The zero-order valence-electron chi connectivity index (χ0n) is 17.6. The van der Waals surface area contributed by atoms with Crippen molar-refractivity contribution in [3.8, 4) is 5.75 Å². The van der Waals surface area contributed by atoms with Gasteiger partial charge < -0.3 is 10.0 Å². The van der Waals surface area contributed by atoms with Crippen molar-refractivity contribution in [3.63, 3.8) is 0 Å². The topological polar surface area (TPSA) is 90.8 Å². The highest BCUT2D eigenvalue weighted by molar-refractivity contribution is 7.89. The third-order valence-electron chi connectivity index (χ3n) is 5.65. The molecule has 1 fully saturated rings. The first-order valence-corrected chi connectivity index (χ1v) is 11.7. The van der Waals surface area contributed by atoms with Gasteiger partial charge in [0.15, 0.2) is 0 Å². The van der Waals surface area contributed by atoms with E-state index in [9.17, 15) is 18.3 Å². The molecular weight excluding hydrogens is 414 g/mol. The molecule has 2 aromatic carbocycles. The molecule has 8 heteroatoms. The quantitative estimate of drug-likeness (QED) is 0.675. The Bertz CT molecular complexity index is 1250. The molecule has 0 unspecified atom stereocenters. The summed E-state index contributed by atoms with van der Waals surface area (Å²) in [5, 5.41) is 10.9. The second-order valence-electron chi connectivity index (χ2n) is 7.74. The van der Waals surface area contributed by atoms with E-state index in [1.807, 2.05) is 26.0 Å². The van der Waals surface area contributed by atoms with Gasteiger partial charge in [-0.1, -0.05) is 25.1 Å². The van der Waals surface area contributed by atoms with Crippen molar-refractivity contribution in [2.24, 2.45) is 0 Å². The van der Waals surface area contributed by atoms with Crippen molar-refractivity contribution < 1.29 is 18.3 Å². The van der Waals surface area contributed by atoms with Crippen LogP contribution in [0.25, 0.3) is 10.9 Å². The highest BCUT2D eigenvalue weighted by atomic mass is 32.2. The number of phenols is 1. The zero-order valence-corrected chi connectivity index (χ0v) is 18.4. The Hall–Kier alpha value is -2.97. The molecule has 0 spiro atoms. The van der Waals surface area contributed by atoms with Crippen LogP contribution in [0, 0.1) is 6.92 Å². The first-order valence-electron chi connectivity index (χ1n) is 10.3. The van der Waals surface area contributed by atoms with Crippen molar-refractivity contribution in [2.45, 2.75) is 25.2 Å². The molecule has 162 valence electrons. The van der Waals surface area contributed by atoms with E-state index in [1.54, 1.807) is 35.4 Å². The SMILES string of the molecule is CCc1ccc(O)c(C(=O)N2CCN(S(=O)(=O)c3cccc4cc(C)cnc34)CC2)c1. The molecule has 1 aliphatic rings. The molecule has 31 heavy (non-hydrogen) atoms. The average molecular weight is 440 g/mol. The summed E-state index contributed by atoms with van der Waals surface area (Å²) in [4.78, 5) is 19.0. The number of sulfonamides is 1. The molecule has 7 nitrogen and oxygen atoms in total. The van der Waals surface area contributed by atoms with Gasteiger partial charge in [0.2, 0.25) is 10.0 Å². The number of rotatable bonds is 4. The summed E-state index contributed by atoms with van der Waals surface area (Å²) >= 11 is 0. The Morgan fingerprint density at radius 2 is 1.84 bits per heavy atom. The fraction of sp³-hybridized carbons (Fsp3) is 0.304. The summed E-state index contributed by atoms with van der Waals surface area (Å²) in [6.07, 6.45) is 2.42. The molecule has 2 heterocycles.